The molecule has 18 heavy (non-hydrogen) atoms. The number of hydrogen-bond donors (Lipinski definition) is 0. The van der Waals surface area contributed by atoms with Crippen LogP contribution in [0.3, 0.4) is 0 Å². The predicted molar refractivity (Wildman–Crippen MR) is 80.4 cm³/mol. The second kappa shape index (κ2) is 6.24. The third kappa shape index (κ3) is 3.60. The Morgan fingerprint density at radius 1 is 1.11 bits per heavy atom. The van der Waals surface area contributed by atoms with E-state index in [1.807, 2.05) is 12.1 Å². The van der Waals surface area contributed by atoms with Gasteiger partial charge >= 0.3 is 0 Å². The highest BCUT2D eigenvalue weighted by molar-refractivity contribution is 9.10. The second-order valence-electron chi connectivity index (χ2n) is 3.45. The molecule has 0 fully saturated rings. The average molecular weight is 412 g/mol. The van der Waals surface area contributed by atoms with Crippen LogP contribution in [0.4, 0.5) is 0 Å². The van der Waals surface area contributed by atoms with E-state index in [0.29, 0.717) is 22.4 Å². The molecule has 1 aromatic carbocycles. The molecular weight excluding hydrogens is 405 g/mol. The molecule has 6 heteroatoms. The number of halogens is 4. The molecule has 2 aromatic rings. The molecule has 1 aromatic heterocycles. The van der Waals surface area contributed by atoms with E-state index in [0.717, 1.165) is 14.6 Å². The minimum absolute atomic E-state index is 0.338. The Morgan fingerprint density at radius 2 is 1.89 bits per heavy atom. The molecule has 94 valence electrons. The quantitative estimate of drug-likeness (QED) is 0.623. The number of aromatic nitrogens is 1. The molecule has 0 bridgehead atoms. The molecule has 2 nitrogen and oxygen atoms in total. The van der Waals surface area contributed by atoms with Crippen LogP contribution in [-0.2, 0) is 6.61 Å². The third-order valence-electron chi connectivity index (χ3n) is 2.14. The van der Waals surface area contributed by atoms with Crippen molar-refractivity contribution in [3.8, 4) is 5.75 Å². The van der Waals surface area contributed by atoms with Crippen LogP contribution in [0.15, 0.2) is 39.4 Å². The number of hydrogen-bond acceptors (Lipinski definition) is 2. The van der Waals surface area contributed by atoms with Gasteiger partial charge < -0.3 is 4.74 Å². The molecule has 0 radical (unpaired) electrons. The Balaban J connectivity index is 2.10. The minimum Gasteiger partial charge on any atom is -0.486 e. The molecule has 0 N–H and O–H groups in total. The van der Waals surface area contributed by atoms with Crippen LogP contribution in [0.5, 0.6) is 5.75 Å². The third-order valence-corrected chi connectivity index (χ3v) is 4.10. The monoisotopic (exact) mass is 409 g/mol. The molecule has 0 aliphatic heterocycles. The van der Waals surface area contributed by atoms with Crippen molar-refractivity contribution in [2.45, 2.75) is 6.61 Å². The lowest BCUT2D eigenvalue weighted by Gasteiger charge is -2.09. The SMILES string of the molecule is Clc1cc(OCc2ccc(Br)cn2)c(Cl)cc1Br. The standard InChI is InChI=1S/C12H7Br2Cl2NO/c13-7-1-2-8(17-5-7)6-18-12-4-10(15)9(14)3-11(12)16/h1-5H,6H2. The highest BCUT2D eigenvalue weighted by atomic mass is 79.9. The second-order valence-corrected chi connectivity index (χ2v) is 6.04. The molecular formula is C12H7Br2Cl2NO. The van der Waals surface area contributed by atoms with Crippen LogP contribution in [0.1, 0.15) is 5.69 Å². The molecule has 1 heterocycles. The first kappa shape index (κ1) is 14.1. The Morgan fingerprint density at radius 3 is 2.56 bits per heavy atom. The van der Waals surface area contributed by atoms with E-state index in [1.165, 1.54) is 0 Å². The Bertz CT molecular complexity index is 561. The van der Waals surface area contributed by atoms with Crippen molar-refractivity contribution >= 4 is 55.1 Å². The van der Waals surface area contributed by atoms with Gasteiger partial charge in [0.15, 0.2) is 0 Å². The zero-order chi connectivity index (χ0) is 13.1. The summed E-state index contributed by atoms with van der Waals surface area (Å²) in [5.74, 6) is 0.537. The zero-order valence-electron chi connectivity index (χ0n) is 8.96. The molecule has 0 atom stereocenters. The van der Waals surface area contributed by atoms with Gasteiger partial charge in [-0.2, -0.15) is 0 Å². The van der Waals surface area contributed by atoms with Crippen LogP contribution >= 0.6 is 55.1 Å². The largest absolute Gasteiger partial charge is 0.486 e. The summed E-state index contributed by atoms with van der Waals surface area (Å²) in [6.45, 7) is 0.338. The number of nitrogens with zero attached hydrogens (tertiary/aromatic N) is 1. The van der Waals surface area contributed by atoms with Crippen LogP contribution in [-0.4, -0.2) is 4.98 Å². The van der Waals surface area contributed by atoms with Gasteiger partial charge in [-0.05, 0) is 50.1 Å². The Hall–Kier alpha value is -0.290. The molecule has 0 spiro atoms. The van der Waals surface area contributed by atoms with Gasteiger partial charge in [0.1, 0.15) is 12.4 Å². The molecule has 0 saturated heterocycles. The van der Waals surface area contributed by atoms with Crippen molar-refractivity contribution in [1.82, 2.24) is 4.98 Å². The van der Waals surface area contributed by atoms with Gasteiger partial charge in [0.25, 0.3) is 0 Å². The lowest BCUT2D eigenvalue weighted by molar-refractivity contribution is 0.301. The van der Waals surface area contributed by atoms with E-state index < -0.39 is 0 Å². The smallest absolute Gasteiger partial charge is 0.140 e. The fourth-order valence-electron chi connectivity index (χ4n) is 1.26. The lowest BCUT2D eigenvalue weighted by Crippen LogP contribution is -1.98. The summed E-state index contributed by atoms with van der Waals surface area (Å²) in [5, 5.41) is 1.06. The van der Waals surface area contributed by atoms with Crippen molar-refractivity contribution in [2.75, 3.05) is 0 Å². The van der Waals surface area contributed by atoms with Crippen molar-refractivity contribution in [3.05, 3.63) is 55.1 Å². The first-order valence-corrected chi connectivity index (χ1v) is 7.28. The van der Waals surface area contributed by atoms with E-state index in [-0.39, 0.29) is 0 Å². The van der Waals surface area contributed by atoms with Crippen molar-refractivity contribution in [2.24, 2.45) is 0 Å². The maximum Gasteiger partial charge on any atom is 0.140 e. The number of pyridine rings is 1. The van der Waals surface area contributed by atoms with Crippen molar-refractivity contribution in [1.29, 1.82) is 0 Å². The van der Waals surface area contributed by atoms with Gasteiger partial charge in [-0.1, -0.05) is 23.2 Å². The summed E-state index contributed by atoms with van der Waals surface area (Å²) >= 11 is 18.7. The summed E-state index contributed by atoms with van der Waals surface area (Å²) < 4.78 is 7.25. The van der Waals surface area contributed by atoms with Crippen LogP contribution < -0.4 is 4.74 Å². The topological polar surface area (TPSA) is 22.1 Å². The van der Waals surface area contributed by atoms with Crippen LogP contribution in [0.25, 0.3) is 0 Å². The van der Waals surface area contributed by atoms with Gasteiger partial charge in [0.2, 0.25) is 0 Å². The zero-order valence-corrected chi connectivity index (χ0v) is 13.6. The highest BCUT2D eigenvalue weighted by Crippen LogP contribution is 2.34. The molecule has 0 aliphatic rings. The highest BCUT2D eigenvalue weighted by Gasteiger charge is 2.07. The van der Waals surface area contributed by atoms with Gasteiger partial charge in [-0.15, -0.1) is 0 Å². The van der Waals surface area contributed by atoms with E-state index in [4.69, 9.17) is 27.9 Å². The fourth-order valence-corrected chi connectivity index (χ4v) is 2.34. The molecule has 0 saturated carbocycles. The Labute approximate surface area is 132 Å². The summed E-state index contributed by atoms with van der Waals surface area (Å²) in [5.41, 5.74) is 0.813. The van der Waals surface area contributed by atoms with Gasteiger partial charge in [0.05, 0.1) is 15.7 Å². The first-order valence-electron chi connectivity index (χ1n) is 4.94. The maximum atomic E-state index is 6.05. The Kier molecular flexibility index (Phi) is 4.90. The maximum absolute atomic E-state index is 6.05. The van der Waals surface area contributed by atoms with Gasteiger partial charge in [-0.3, -0.25) is 4.98 Å². The molecule has 0 unspecified atom stereocenters. The van der Waals surface area contributed by atoms with Crippen molar-refractivity contribution in [3.63, 3.8) is 0 Å². The molecule has 2 rings (SSSR count). The van der Waals surface area contributed by atoms with Crippen LogP contribution in [0.2, 0.25) is 10.0 Å². The lowest BCUT2D eigenvalue weighted by atomic mass is 10.3. The van der Waals surface area contributed by atoms with Gasteiger partial charge in [-0.25, -0.2) is 0 Å². The first-order chi connectivity index (χ1) is 8.56. The number of benzene rings is 1. The predicted octanol–water partition coefficient (Wildman–Crippen LogP) is 5.49. The summed E-state index contributed by atoms with van der Waals surface area (Å²) in [7, 11) is 0. The average Bonchev–Trinajstić information content (AvgIpc) is 2.34. The van der Waals surface area contributed by atoms with E-state index >= 15 is 0 Å². The van der Waals surface area contributed by atoms with Crippen LogP contribution in [0, 0.1) is 0 Å². The molecule has 0 amide bonds. The fraction of sp³-hybridized carbons (Fsp3) is 0.0833. The van der Waals surface area contributed by atoms with Crippen molar-refractivity contribution < 1.29 is 4.74 Å². The minimum atomic E-state index is 0.338. The van der Waals surface area contributed by atoms with E-state index in [2.05, 4.69) is 36.8 Å². The van der Waals surface area contributed by atoms with E-state index in [9.17, 15) is 0 Å². The number of rotatable bonds is 3. The van der Waals surface area contributed by atoms with E-state index in [1.54, 1.807) is 18.3 Å². The number of ether oxygens (including phenoxy) is 1. The van der Waals surface area contributed by atoms with Gasteiger partial charge in [0, 0.05) is 21.2 Å². The summed E-state index contributed by atoms with van der Waals surface area (Å²) in [6.07, 6.45) is 1.72. The summed E-state index contributed by atoms with van der Waals surface area (Å²) in [6, 6.07) is 7.15. The molecule has 0 aliphatic carbocycles. The summed E-state index contributed by atoms with van der Waals surface area (Å²) in [4.78, 5) is 4.21. The normalized spacial score (nSPS) is 10.4.